The van der Waals surface area contributed by atoms with Gasteiger partial charge in [0.2, 0.25) is 11.9 Å². The van der Waals surface area contributed by atoms with Crippen LogP contribution in [0.25, 0.3) is 182 Å². The molecule has 0 N–H and O–H groups in total. The average Bonchev–Trinajstić information content (AvgIpc) is 1.58. The highest BCUT2D eigenvalue weighted by Gasteiger charge is 2.26. The lowest BCUT2D eigenvalue weighted by Gasteiger charge is -2.13. The van der Waals surface area contributed by atoms with Gasteiger partial charge < -0.3 is 8.98 Å². The summed E-state index contributed by atoms with van der Waals surface area (Å²) in [6, 6.07) is 101. The molecule has 0 amide bonds. The normalized spacial score (nSPS) is 12.1. The molecule has 8 heteroatoms. The van der Waals surface area contributed by atoms with Crippen LogP contribution in [0.5, 0.6) is 0 Å². The van der Waals surface area contributed by atoms with Crippen molar-refractivity contribution >= 4 is 120 Å². The first-order valence-electron chi connectivity index (χ1n) is 29.8. The third-order valence-corrected chi connectivity index (χ3v) is 18.0. The Bertz CT molecular complexity index is 6130. The van der Waals surface area contributed by atoms with E-state index in [4.69, 9.17) is 24.4 Å². The molecule has 6 aromatic heterocycles. The molecular weight excluding hydrogens is 1070 g/mol. The van der Waals surface area contributed by atoms with Crippen LogP contribution >= 0.6 is 0 Å². The van der Waals surface area contributed by atoms with Gasteiger partial charge in [-0.25, -0.2) is 19.9 Å². The predicted molar refractivity (Wildman–Crippen MR) is 362 cm³/mol. The molecule has 0 fully saturated rings. The summed E-state index contributed by atoms with van der Waals surface area (Å²) in [4.78, 5) is 21.6. The minimum atomic E-state index is 0.606. The van der Waals surface area contributed by atoms with E-state index in [1.807, 2.05) is 18.2 Å². The fraction of sp³-hybridized carbons (Fsp3) is 0. The van der Waals surface area contributed by atoms with Crippen LogP contribution < -0.4 is 0 Å². The molecule has 0 spiro atoms. The topological polar surface area (TPSA) is 79.5 Å². The van der Waals surface area contributed by atoms with Crippen LogP contribution in [0, 0.1) is 0 Å². The van der Waals surface area contributed by atoms with E-state index in [2.05, 4.69) is 281 Å². The molecule has 0 aliphatic carbocycles. The van der Waals surface area contributed by atoms with Gasteiger partial charge in [0.1, 0.15) is 11.2 Å². The Morgan fingerprint density at radius 3 is 1.35 bits per heavy atom. The van der Waals surface area contributed by atoms with Crippen LogP contribution in [0.3, 0.4) is 0 Å². The molecule has 88 heavy (non-hydrogen) atoms. The molecule has 0 unspecified atom stereocenters. The zero-order valence-corrected chi connectivity index (χ0v) is 47.2. The fourth-order valence-electron chi connectivity index (χ4n) is 14.1. The molecule has 0 aliphatic rings. The van der Waals surface area contributed by atoms with E-state index in [9.17, 15) is 0 Å². The van der Waals surface area contributed by atoms with E-state index >= 15 is 0 Å². The van der Waals surface area contributed by atoms with Crippen LogP contribution in [0.15, 0.2) is 290 Å². The van der Waals surface area contributed by atoms with E-state index in [0.717, 1.165) is 165 Å². The summed E-state index contributed by atoms with van der Waals surface area (Å²) in [5.74, 6) is 1.25. The van der Waals surface area contributed by atoms with Crippen molar-refractivity contribution in [1.82, 2.24) is 33.6 Å². The predicted octanol–water partition coefficient (Wildman–Crippen LogP) is 20.6. The Morgan fingerprint density at radius 2 is 0.693 bits per heavy atom. The van der Waals surface area contributed by atoms with Crippen LogP contribution in [0.2, 0.25) is 0 Å². The Kier molecular flexibility index (Phi) is 10.3. The summed E-state index contributed by atoms with van der Waals surface area (Å²) < 4.78 is 13.6. The third-order valence-electron chi connectivity index (χ3n) is 18.0. The maximum Gasteiger partial charge on any atom is 0.235 e. The molecule has 0 aliphatic heterocycles. The number of fused-ring (bicyclic) bond motifs is 18. The van der Waals surface area contributed by atoms with Crippen molar-refractivity contribution in [3.8, 4) is 62.4 Å². The Balaban J connectivity index is 0.767. The van der Waals surface area contributed by atoms with Crippen molar-refractivity contribution in [2.24, 2.45) is 0 Å². The van der Waals surface area contributed by atoms with E-state index in [1.165, 1.54) is 5.39 Å². The van der Waals surface area contributed by atoms with Gasteiger partial charge in [-0.15, -0.1) is 0 Å². The number of hydrogen-bond donors (Lipinski definition) is 0. The average molecular weight is 1120 g/mol. The zero-order valence-electron chi connectivity index (χ0n) is 47.2. The van der Waals surface area contributed by atoms with Gasteiger partial charge in [0.25, 0.3) is 0 Å². The molecule has 0 radical (unpaired) electrons. The number of nitrogens with zero attached hydrogens (tertiary/aromatic N) is 7. The molecule has 6 heterocycles. The van der Waals surface area contributed by atoms with E-state index in [-0.39, 0.29) is 0 Å². The lowest BCUT2D eigenvalue weighted by molar-refractivity contribution is 0.673. The monoisotopic (exact) mass is 1120 g/mol. The van der Waals surface area contributed by atoms with Gasteiger partial charge in [0.15, 0.2) is 0 Å². The summed E-state index contributed by atoms with van der Waals surface area (Å²) in [6.07, 6.45) is 0. The Hall–Kier alpha value is -12.0. The number of hydrogen-bond acceptors (Lipinski definition) is 5. The Labute approximate surface area is 502 Å². The number of rotatable bonds is 7. The summed E-state index contributed by atoms with van der Waals surface area (Å²) in [6.45, 7) is 0. The second-order valence-electron chi connectivity index (χ2n) is 22.9. The molecule has 0 atom stereocenters. The highest BCUT2D eigenvalue weighted by molar-refractivity contribution is 6.36. The molecule has 0 saturated heterocycles. The maximum atomic E-state index is 6.72. The highest BCUT2D eigenvalue weighted by atomic mass is 16.3. The second kappa shape index (κ2) is 18.7. The molecular formula is C80H47N7O. The molecule has 19 aromatic rings. The van der Waals surface area contributed by atoms with Gasteiger partial charge in [-0.2, -0.15) is 0 Å². The van der Waals surface area contributed by atoms with Crippen molar-refractivity contribution in [3.05, 3.63) is 285 Å². The van der Waals surface area contributed by atoms with Crippen molar-refractivity contribution in [1.29, 1.82) is 0 Å². The van der Waals surface area contributed by atoms with Gasteiger partial charge in [-0.3, -0.25) is 9.13 Å². The van der Waals surface area contributed by atoms with E-state index < -0.39 is 0 Å². The minimum absolute atomic E-state index is 0.606. The number of para-hydroxylation sites is 6. The van der Waals surface area contributed by atoms with Crippen molar-refractivity contribution in [2.75, 3.05) is 0 Å². The second-order valence-corrected chi connectivity index (χ2v) is 22.9. The van der Waals surface area contributed by atoms with Crippen molar-refractivity contribution in [3.63, 3.8) is 0 Å². The summed E-state index contributed by atoms with van der Waals surface area (Å²) >= 11 is 0. The van der Waals surface area contributed by atoms with Gasteiger partial charge >= 0.3 is 0 Å². The number of furan rings is 1. The first-order valence-corrected chi connectivity index (χ1v) is 29.8. The quantitative estimate of drug-likeness (QED) is 0.159. The SMILES string of the molecule is c1ccc(-c2nc(-n3c4ccccc4c4cc(-c5ccc6c(c5)c5cc(-c7cccc(-c8nc(-n9c%10ccccc%10c%10c%11c%12ccccc%12oc%11c%11ccccc%11c%109)nc9ccccc89)c7)ccc5n6-c5ccccc5)ccc43)nc3ccccc23)cc1. The van der Waals surface area contributed by atoms with Crippen LogP contribution in [0.4, 0.5) is 0 Å². The summed E-state index contributed by atoms with van der Waals surface area (Å²) in [5.41, 5.74) is 19.3. The smallest absolute Gasteiger partial charge is 0.235 e. The Morgan fingerprint density at radius 1 is 0.250 bits per heavy atom. The first-order chi connectivity index (χ1) is 43.6. The van der Waals surface area contributed by atoms with Gasteiger partial charge in [-0.1, -0.05) is 200 Å². The lowest BCUT2D eigenvalue weighted by Crippen LogP contribution is -2.04. The third kappa shape index (κ3) is 7.14. The van der Waals surface area contributed by atoms with Gasteiger partial charge in [0, 0.05) is 81.4 Å². The number of aromatic nitrogens is 7. The van der Waals surface area contributed by atoms with Crippen LogP contribution in [-0.4, -0.2) is 33.6 Å². The summed E-state index contributed by atoms with van der Waals surface area (Å²) in [7, 11) is 0. The standard InChI is InChI=1S/C80H47N7O/c1-3-20-48(21-4-1)75-58-29-9-14-33-65(58)81-79(83-75)86-67-35-16-11-26-55(67)62-45-51(40-43-71(62)86)52-39-42-70-64(47-52)63-46-50(38-41-69(63)85(70)54-24-5-2-6-25-54)49-22-19-23-53(44-49)76-59-30-10-15-34-66(59)82-80(84-76)87-68-36-17-12-31-60(68)73-74-61-32-13-18-37-72(61)88-78(74)57-28-8-7-27-56(57)77(73)87/h1-47H. The van der Waals surface area contributed by atoms with Crippen molar-refractivity contribution in [2.45, 2.75) is 0 Å². The van der Waals surface area contributed by atoms with Crippen molar-refractivity contribution < 1.29 is 4.42 Å². The lowest BCUT2D eigenvalue weighted by atomic mass is 9.97. The summed E-state index contributed by atoms with van der Waals surface area (Å²) in [5, 5.41) is 13.2. The van der Waals surface area contributed by atoms with Crippen LogP contribution in [-0.2, 0) is 0 Å². The minimum Gasteiger partial charge on any atom is -0.455 e. The van der Waals surface area contributed by atoms with E-state index in [0.29, 0.717) is 11.9 Å². The first kappa shape index (κ1) is 48.4. The maximum absolute atomic E-state index is 6.72. The molecule has 408 valence electrons. The zero-order chi connectivity index (χ0) is 57.6. The molecule has 13 aromatic carbocycles. The molecule has 0 bridgehead atoms. The van der Waals surface area contributed by atoms with E-state index in [1.54, 1.807) is 0 Å². The van der Waals surface area contributed by atoms with Crippen LogP contribution in [0.1, 0.15) is 0 Å². The fourth-order valence-corrected chi connectivity index (χ4v) is 14.1. The number of benzene rings is 13. The van der Waals surface area contributed by atoms with Gasteiger partial charge in [0.05, 0.1) is 55.5 Å². The highest BCUT2D eigenvalue weighted by Crippen LogP contribution is 2.47. The molecule has 8 nitrogen and oxygen atoms in total. The molecule has 19 rings (SSSR count). The molecule has 0 saturated carbocycles. The largest absolute Gasteiger partial charge is 0.455 e. The van der Waals surface area contributed by atoms with Gasteiger partial charge in [-0.05, 0) is 107 Å².